The number of halogens is 1. The molecule has 4 atom stereocenters. The Hall–Kier alpha value is -0.130. The van der Waals surface area contributed by atoms with Crippen molar-refractivity contribution in [3.63, 3.8) is 0 Å². The van der Waals surface area contributed by atoms with Crippen LogP contribution in [0.5, 0.6) is 0 Å². The largest absolute Gasteiger partial charge is 0.373 e. The highest BCUT2D eigenvalue weighted by molar-refractivity contribution is 14.0. The standard InChI is InChI=1S/C17H34N4O3S.HI/c1-13-8-14(2)10-20(9-13)17(18-5)19-6-7-25(22,23)21-11-15(3)24-16(4)12-21;/h13-16H,6-12H2,1-5H3,(H,18,19);1H. The Bertz CT molecular complexity index is 552. The Morgan fingerprint density at radius 1 is 1.08 bits per heavy atom. The van der Waals surface area contributed by atoms with Gasteiger partial charge in [0.05, 0.1) is 18.0 Å². The van der Waals surface area contributed by atoms with Crippen molar-refractivity contribution in [2.45, 2.75) is 46.3 Å². The normalized spacial score (nSPS) is 31.4. The first-order valence-corrected chi connectivity index (χ1v) is 10.9. The van der Waals surface area contributed by atoms with Crippen molar-refractivity contribution in [2.24, 2.45) is 16.8 Å². The maximum Gasteiger partial charge on any atom is 0.216 e. The molecule has 2 aliphatic rings. The lowest BCUT2D eigenvalue weighted by Crippen LogP contribution is -2.51. The second-order valence-electron chi connectivity index (χ2n) is 7.72. The highest BCUT2D eigenvalue weighted by Crippen LogP contribution is 2.21. The maximum absolute atomic E-state index is 12.6. The first kappa shape index (κ1) is 23.9. The van der Waals surface area contributed by atoms with Crippen LogP contribution < -0.4 is 5.32 Å². The Morgan fingerprint density at radius 2 is 1.62 bits per heavy atom. The van der Waals surface area contributed by atoms with E-state index in [4.69, 9.17) is 4.74 Å². The minimum absolute atomic E-state index is 0. The Morgan fingerprint density at radius 3 is 2.12 bits per heavy atom. The fourth-order valence-corrected chi connectivity index (χ4v) is 5.44. The van der Waals surface area contributed by atoms with Crippen molar-refractivity contribution >= 4 is 40.0 Å². The van der Waals surface area contributed by atoms with Crippen LogP contribution in [0.1, 0.15) is 34.1 Å². The fourth-order valence-electron chi connectivity index (χ4n) is 3.95. The molecule has 154 valence electrons. The van der Waals surface area contributed by atoms with Gasteiger partial charge >= 0.3 is 0 Å². The minimum atomic E-state index is -3.29. The Labute approximate surface area is 176 Å². The van der Waals surface area contributed by atoms with Crippen LogP contribution in [0.3, 0.4) is 0 Å². The van der Waals surface area contributed by atoms with Gasteiger partial charge in [-0.3, -0.25) is 4.99 Å². The summed E-state index contributed by atoms with van der Waals surface area (Å²) in [6.45, 7) is 11.5. The lowest BCUT2D eigenvalue weighted by Gasteiger charge is -2.37. The molecule has 0 aliphatic carbocycles. The molecule has 4 unspecified atom stereocenters. The summed E-state index contributed by atoms with van der Waals surface area (Å²) in [5.41, 5.74) is 0. The van der Waals surface area contributed by atoms with Gasteiger partial charge in [0.1, 0.15) is 0 Å². The molecular formula is C17H35IN4O3S. The molecule has 0 aromatic carbocycles. The van der Waals surface area contributed by atoms with Gasteiger partial charge in [0.25, 0.3) is 0 Å². The number of piperidine rings is 1. The Kier molecular flexibility index (Phi) is 9.59. The van der Waals surface area contributed by atoms with Gasteiger partial charge in [-0.1, -0.05) is 13.8 Å². The average Bonchev–Trinajstić information content (AvgIpc) is 2.49. The van der Waals surface area contributed by atoms with Crippen molar-refractivity contribution in [3.8, 4) is 0 Å². The summed E-state index contributed by atoms with van der Waals surface area (Å²) in [6, 6.07) is 0. The van der Waals surface area contributed by atoms with Crippen LogP contribution in [0.2, 0.25) is 0 Å². The monoisotopic (exact) mass is 502 g/mol. The van der Waals surface area contributed by atoms with Crippen LogP contribution in [-0.2, 0) is 14.8 Å². The molecule has 0 spiro atoms. The van der Waals surface area contributed by atoms with E-state index in [0.717, 1.165) is 19.0 Å². The molecule has 0 radical (unpaired) electrons. The van der Waals surface area contributed by atoms with Gasteiger partial charge in [-0.25, -0.2) is 8.42 Å². The van der Waals surface area contributed by atoms with Crippen molar-refractivity contribution in [2.75, 3.05) is 45.5 Å². The summed E-state index contributed by atoms with van der Waals surface area (Å²) in [5.74, 6) is 2.13. The molecule has 0 saturated carbocycles. The molecule has 0 aromatic rings. The summed E-state index contributed by atoms with van der Waals surface area (Å²) in [5, 5.41) is 3.24. The van der Waals surface area contributed by atoms with Gasteiger partial charge in [0, 0.05) is 39.8 Å². The predicted molar refractivity (Wildman–Crippen MR) is 117 cm³/mol. The predicted octanol–water partition coefficient (Wildman–Crippen LogP) is 1.60. The zero-order chi connectivity index (χ0) is 18.6. The molecule has 7 nitrogen and oxygen atoms in total. The maximum atomic E-state index is 12.6. The summed E-state index contributed by atoms with van der Waals surface area (Å²) < 4.78 is 32.4. The number of nitrogens with one attached hydrogen (secondary N) is 1. The van der Waals surface area contributed by atoms with Crippen LogP contribution >= 0.6 is 24.0 Å². The number of guanidine groups is 1. The highest BCUT2D eigenvalue weighted by atomic mass is 127. The molecule has 2 rings (SSSR count). The number of aliphatic imine (C=N–C) groups is 1. The quantitative estimate of drug-likeness (QED) is 0.359. The summed E-state index contributed by atoms with van der Waals surface area (Å²) in [6.07, 6.45) is 1.11. The van der Waals surface area contributed by atoms with E-state index >= 15 is 0 Å². The number of rotatable bonds is 4. The first-order valence-electron chi connectivity index (χ1n) is 9.30. The molecule has 2 aliphatic heterocycles. The molecule has 1 N–H and O–H groups in total. The third kappa shape index (κ3) is 6.79. The molecule has 2 fully saturated rings. The number of hydrogen-bond acceptors (Lipinski definition) is 4. The van der Waals surface area contributed by atoms with E-state index in [1.54, 1.807) is 11.4 Å². The third-order valence-corrected chi connectivity index (χ3v) is 6.61. The number of hydrogen-bond donors (Lipinski definition) is 1. The van der Waals surface area contributed by atoms with Crippen molar-refractivity contribution in [1.29, 1.82) is 0 Å². The van der Waals surface area contributed by atoms with Gasteiger partial charge in [0.15, 0.2) is 5.96 Å². The zero-order valence-electron chi connectivity index (χ0n) is 16.6. The number of likely N-dealkylation sites (tertiary alicyclic amines) is 1. The fraction of sp³-hybridized carbons (Fsp3) is 0.941. The van der Waals surface area contributed by atoms with E-state index in [-0.39, 0.29) is 41.9 Å². The SMILES string of the molecule is CN=C(NCCS(=O)(=O)N1CC(C)OC(C)C1)N1CC(C)CC(C)C1.I. The van der Waals surface area contributed by atoms with Crippen molar-refractivity contribution < 1.29 is 13.2 Å². The number of ether oxygens (including phenoxy) is 1. The second-order valence-corrected chi connectivity index (χ2v) is 9.80. The second kappa shape index (κ2) is 10.4. The van der Waals surface area contributed by atoms with Crippen LogP contribution in [0.25, 0.3) is 0 Å². The van der Waals surface area contributed by atoms with Crippen LogP contribution in [-0.4, -0.2) is 81.3 Å². The Balaban J connectivity index is 0.00000338. The van der Waals surface area contributed by atoms with Crippen molar-refractivity contribution in [1.82, 2.24) is 14.5 Å². The smallest absolute Gasteiger partial charge is 0.216 e. The van der Waals surface area contributed by atoms with Crippen molar-refractivity contribution in [3.05, 3.63) is 0 Å². The van der Waals surface area contributed by atoms with E-state index in [2.05, 4.69) is 29.1 Å². The molecular weight excluding hydrogens is 467 g/mol. The lowest BCUT2D eigenvalue weighted by molar-refractivity contribution is -0.0440. The molecule has 0 amide bonds. The molecule has 26 heavy (non-hydrogen) atoms. The van der Waals surface area contributed by atoms with Gasteiger partial charge in [-0.15, -0.1) is 24.0 Å². The summed E-state index contributed by atoms with van der Waals surface area (Å²) in [4.78, 5) is 6.58. The number of morpholine rings is 1. The van der Waals surface area contributed by atoms with E-state index in [9.17, 15) is 8.42 Å². The number of sulfonamides is 1. The highest BCUT2D eigenvalue weighted by Gasteiger charge is 2.31. The van der Waals surface area contributed by atoms with Gasteiger partial charge in [0.2, 0.25) is 10.0 Å². The van der Waals surface area contributed by atoms with E-state index in [1.165, 1.54) is 6.42 Å². The average molecular weight is 502 g/mol. The van der Waals surface area contributed by atoms with E-state index in [0.29, 0.717) is 31.5 Å². The minimum Gasteiger partial charge on any atom is -0.373 e. The summed E-state index contributed by atoms with van der Waals surface area (Å²) >= 11 is 0. The first-order chi connectivity index (χ1) is 11.7. The molecule has 2 heterocycles. The zero-order valence-corrected chi connectivity index (χ0v) is 19.8. The topological polar surface area (TPSA) is 74.2 Å². The van der Waals surface area contributed by atoms with Crippen LogP contribution in [0, 0.1) is 11.8 Å². The third-order valence-electron chi connectivity index (χ3n) is 4.80. The van der Waals surface area contributed by atoms with Gasteiger partial charge in [-0.2, -0.15) is 4.31 Å². The van der Waals surface area contributed by atoms with E-state index in [1.807, 2.05) is 13.8 Å². The number of nitrogens with zero attached hydrogens (tertiary/aromatic N) is 3. The van der Waals surface area contributed by atoms with Crippen LogP contribution in [0.4, 0.5) is 0 Å². The molecule has 0 bridgehead atoms. The van der Waals surface area contributed by atoms with Crippen LogP contribution in [0.15, 0.2) is 4.99 Å². The molecule has 9 heteroatoms. The van der Waals surface area contributed by atoms with Gasteiger partial charge < -0.3 is 15.0 Å². The molecule has 0 aromatic heterocycles. The van der Waals surface area contributed by atoms with E-state index < -0.39 is 10.0 Å². The summed E-state index contributed by atoms with van der Waals surface area (Å²) in [7, 11) is -1.53. The molecule has 2 saturated heterocycles. The lowest BCUT2D eigenvalue weighted by atomic mass is 9.92. The van der Waals surface area contributed by atoms with Gasteiger partial charge in [-0.05, 0) is 32.1 Å².